The average molecular weight is 266 g/mol. The second kappa shape index (κ2) is 6.75. The lowest BCUT2D eigenvalue weighted by molar-refractivity contribution is -0.186. The van der Waals surface area contributed by atoms with Gasteiger partial charge < -0.3 is 5.32 Å². The maximum atomic E-state index is 12.6. The second-order valence-electron chi connectivity index (χ2n) is 5.47. The van der Waals surface area contributed by atoms with Gasteiger partial charge in [-0.25, -0.2) is 0 Å². The van der Waals surface area contributed by atoms with Gasteiger partial charge in [0.15, 0.2) is 0 Å². The molecule has 0 radical (unpaired) electrons. The van der Waals surface area contributed by atoms with Gasteiger partial charge in [0.2, 0.25) is 0 Å². The maximum absolute atomic E-state index is 12.6. The van der Waals surface area contributed by atoms with Gasteiger partial charge in [0.05, 0.1) is 5.92 Å². The average Bonchev–Trinajstić information content (AvgIpc) is 2.28. The van der Waals surface area contributed by atoms with E-state index in [4.69, 9.17) is 0 Å². The molecule has 1 rings (SSSR count). The molecule has 0 aromatic heterocycles. The molecule has 0 saturated carbocycles. The predicted molar refractivity (Wildman–Crippen MR) is 67.5 cm³/mol. The molecule has 0 amide bonds. The molecule has 0 bridgehead atoms. The van der Waals surface area contributed by atoms with E-state index in [2.05, 4.69) is 24.1 Å². The summed E-state index contributed by atoms with van der Waals surface area (Å²) in [7, 11) is 0. The largest absolute Gasteiger partial charge is 0.391 e. The van der Waals surface area contributed by atoms with Crippen molar-refractivity contribution >= 4 is 0 Å². The molecule has 1 aliphatic heterocycles. The van der Waals surface area contributed by atoms with Gasteiger partial charge in [0.25, 0.3) is 0 Å². The van der Waals surface area contributed by atoms with Crippen LogP contribution in [0.25, 0.3) is 0 Å². The molecule has 108 valence electrons. The van der Waals surface area contributed by atoms with Crippen molar-refractivity contribution in [2.75, 3.05) is 26.2 Å². The summed E-state index contributed by atoms with van der Waals surface area (Å²) >= 11 is 0. The van der Waals surface area contributed by atoms with Crippen LogP contribution in [0.15, 0.2) is 0 Å². The SMILES string of the molecule is CCNCC(C(C)C)N1CCC(C(F)(F)F)CC1. The molecule has 1 fully saturated rings. The molecule has 1 unspecified atom stereocenters. The van der Waals surface area contributed by atoms with E-state index in [1.165, 1.54) is 0 Å². The molecule has 1 aliphatic rings. The number of piperidine rings is 1. The standard InChI is InChI=1S/C13H25F3N2/c1-4-17-9-12(10(2)3)18-7-5-11(6-8-18)13(14,15)16/h10-12,17H,4-9H2,1-3H3. The van der Waals surface area contributed by atoms with Crippen molar-refractivity contribution in [1.82, 2.24) is 10.2 Å². The minimum atomic E-state index is -4.01. The molecule has 1 N–H and O–H groups in total. The number of hydrogen-bond acceptors (Lipinski definition) is 2. The van der Waals surface area contributed by atoms with E-state index >= 15 is 0 Å². The molecule has 1 saturated heterocycles. The van der Waals surface area contributed by atoms with Crippen molar-refractivity contribution in [3.8, 4) is 0 Å². The third-order valence-corrected chi connectivity index (χ3v) is 3.83. The van der Waals surface area contributed by atoms with Crippen LogP contribution in [-0.2, 0) is 0 Å². The molecule has 0 aliphatic carbocycles. The number of hydrogen-bond donors (Lipinski definition) is 1. The van der Waals surface area contributed by atoms with Crippen molar-refractivity contribution in [2.24, 2.45) is 11.8 Å². The molecule has 2 nitrogen and oxygen atoms in total. The van der Waals surface area contributed by atoms with Crippen LogP contribution >= 0.6 is 0 Å². The van der Waals surface area contributed by atoms with E-state index in [1.54, 1.807) is 0 Å². The highest BCUT2D eigenvalue weighted by atomic mass is 19.4. The fourth-order valence-corrected chi connectivity index (χ4v) is 2.64. The number of nitrogens with zero attached hydrogens (tertiary/aromatic N) is 1. The highest BCUT2D eigenvalue weighted by molar-refractivity contribution is 4.83. The number of nitrogens with one attached hydrogen (secondary N) is 1. The fourth-order valence-electron chi connectivity index (χ4n) is 2.64. The summed E-state index contributed by atoms with van der Waals surface area (Å²) in [6.07, 6.45) is -3.52. The summed E-state index contributed by atoms with van der Waals surface area (Å²) in [5.41, 5.74) is 0. The van der Waals surface area contributed by atoms with E-state index < -0.39 is 12.1 Å². The molecular formula is C13H25F3N2. The Kier molecular flexibility index (Phi) is 5.92. The fraction of sp³-hybridized carbons (Fsp3) is 1.00. The Hall–Kier alpha value is -0.290. The summed E-state index contributed by atoms with van der Waals surface area (Å²) in [6, 6.07) is 0.346. The smallest absolute Gasteiger partial charge is 0.315 e. The van der Waals surface area contributed by atoms with E-state index in [9.17, 15) is 13.2 Å². The number of likely N-dealkylation sites (N-methyl/N-ethyl adjacent to an activating group) is 1. The minimum absolute atomic E-state index is 0.249. The number of alkyl halides is 3. The highest BCUT2D eigenvalue weighted by Crippen LogP contribution is 2.34. The zero-order valence-corrected chi connectivity index (χ0v) is 11.6. The van der Waals surface area contributed by atoms with Gasteiger partial charge in [0.1, 0.15) is 0 Å². The molecule has 1 heterocycles. The molecular weight excluding hydrogens is 241 g/mol. The van der Waals surface area contributed by atoms with E-state index in [0.29, 0.717) is 25.0 Å². The van der Waals surface area contributed by atoms with Gasteiger partial charge in [-0.15, -0.1) is 0 Å². The van der Waals surface area contributed by atoms with Gasteiger partial charge >= 0.3 is 6.18 Å². The monoisotopic (exact) mass is 266 g/mol. The zero-order valence-electron chi connectivity index (χ0n) is 11.6. The number of halogens is 3. The van der Waals surface area contributed by atoms with Crippen LogP contribution in [0.3, 0.4) is 0 Å². The number of likely N-dealkylation sites (tertiary alicyclic amines) is 1. The first-order valence-corrected chi connectivity index (χ1v) is 6.87. The molecule has 0 aromatic carbocycles. The minimum Gasteiger partial charge on any atom is -0.315 e. The van der Waals surface area contributed by atoms with Crippen LogP contribution in [0.5, 0.6) is 0 Å². The Morgan fingerprint density at radius 2 is 1.78 bits per heavy atom. The Balaban J connectivity index is 2.48. The van der Waals surface area contributed by atoms with Crippen LogP contribution in [0, 0.1) is 11.8 Å². The summed E-state index contributed by atoms with van der Waals surface area (Å²) in [5.74, 6) is -0.632. The summed E-state index contributed by atoms with van der Waals surface area (Å²) in [6.45, 7) is 9.23. The Morgan fingerprint density at radius 3 is 2.17 bits per heavy atom. The lowest BCUT2D eigenvalue weighted by Gasteiger charge is -2.40. The summed E-state index contributed by atoms with van der Waals surface area (Å²) in [4.78, 5) is 2.22. The lowest BCUT2D eigenvalue weighted by atomic mass is 9.92. The first kappa shape index (κ1) is 15.8. The van der Waals surface area contributed by atoms with Crippen molar-refractivity contribution in [3.63, 3.8) is 0 Å². The first-order chi connectivity index (χ1) is 8.36. The Morgan fingerprint density at radius 1 is 1.22 bits per heavy atom. The third-order valence-electron chi connectivity index (χ3n) is 3.83. The summed E-state index contributed by atoms with van der Waals surface area (Å²) < 4.78 is 37.8. The van der Waals surface area contributed by atoms with Crippen LogP contribution in [-0.4, -0.2) is 43.3 Å². The van der Waals surface area contributed by atoms with E-state index in [0.717, 1.165) is 13.1 Å². The topological polar surface area (TPSA) is 15.3 Å². The van der Waals surface area contributed by atoms with Gasteiger partial charge in [-0.3, -0.25) is 4.90 Å². The molecule has 18 heavy (non-hydrogen) atoms. The first-order valence-electron chi connectivity index (χ1n) is 6.87. The molecule has 1 atom stereocenters. The molecule has 5 heteroatoms. The Bertz CT molecular complexity index is 233. The van der Waals surface area contributed by atoms with Crippen LogP contribution < -0.4 is 5.32 Å². The molecule has 0 spiro atoms. The maximum Gasteiger partial charge on any atom is 0.391 e. The molecule has 0 aromatic rings. The predicted octanol–water partition coefficient (Wildman–Crippen LogP) is 2.89. The zero-order chi connectivity index (χ0) is 13.8. The third kappa shape index (κ3) is 4.43. The second-order valence-corrected chi connectivity index (χ2v) is 5.47. The van der Waals surface area contributed by atoms with Crippen LogP contribution in [0.2, 0.25) is 0 Å². The highest BCUT2D eigenvalue weighted by Gasteiger charge is 2.42. The van der Waals surface area contributed by atoms with E-state index in [-0.39, 0.29) is 12.8 Å². The van der Waals surface area contributed by atoms with Gasteiger partial charge in [0, 0.05) is 12.6 Å². The van der Waals surface area contributed by atoms with Crippen LogP contribution in [0.4, 0.5) is 13.2 Å². The van der Waals surface area contributed by atoms with Crippen molar-refractivity contribution < 1.29 is 13.2 Å². The Labute approximate surface area is 108 Å². The van der Waals surface area contributed by atoms with Crippen molar-refractivity contribution in [3.05, 3.63) is 0 Å². The summed E-state index contributed by atoms with van der Waals surface area (Å²) in [5, 5.41) is 3.30. The van der Waals surface area contributed by atoms with Crippen LogP contribution in [0.1, 0.15) is 33.6 Å². The normalized spacial score (nSPS) is 21.5. The van der Waals surface area contributed by atoms with Gasteiger partial charge in [-0.2, -0.15) is 13.2 Å². The number of rotatable bonds is 5. The van der Waals surface area contributed by atoms with Gasteiger partial charge in [-0.1, -0.05) is 20.8 Å². The quantitative estimate of drug-likeness (QED) is 0.823. The van der Waals surface area contributed by atoms with Crippen molar-refractivity contribution in [1.29, 1.82) is 0 Å². The lowest BCUT2D eigenvalue weighted by Crippen LogP contribution is -2.50. The van der Waals surface area contributed by atoms with Crippen molar-refractivity contribution in [2.45, 2.75) is 45.8 Å². The van der Waals surface area contributed by atoms with E-state index in [1.807, 2.05) is 6.92 Å². The van der Waals surface area contributed by atoms with Gasteiger partial charge in [-0.05, 0) is 38.4 Å².